The molecule has 0 unspecified atom stereocenters. The van der Waals surface area contributed by atoms with Gasteiger partial charge in [-0.1, -0.05) is 23.7 Å². The highest BCUT2D eigenvalue weighted by molar-refractivity contribution is 6.30. The summed E-state index contributed by atoms with van der Waals surface area (Å²) in [6.07, 6.45) is 1.51. The van der Waals surface area contributed by atoms with E-state index >= 15 is 0 Å². The summed E-state index contributed by atoms with van der Waals surface area (Å²) in [6, 6.07) is 9.74. The molecule has 18 heavy (non-hydrogen) atoms. The molecule has 0 saturated carbocycles. The van der Waals surface area contributed by atoms with Gasteiger partial charge in [0.15, 0.2) is 0 Å². The second-order valence-corrected chi connectivity index (χ2v) is 4.70. The molecule has 1 aromatic heterocycles. The Balaban J connectivity index is 2.20. The number of nitrogens with two attached hydrogens (primary N) is 1. The maximum atomic E-state index is 5.86. The maximum Gasteiger partial charge on any atom is 0.133 e. The van der Waals surface area contributed by atoms with Crippen LogP contribution in [0.5, 0.6) is 0 Å². The summed E-state index contributed by atoms with van der Waals surface area (Å²) in [4.78, 5) is 8.97. The van der Waals surface area contributed by atoms with E-state index in [0.717, 1.165) is 40.6 Å². The van der Waals surface area contributed by atoms with Crippen LogP contribution in [0.25, 0.3) is 0 Å². The van der Waals surface area contributed by atoms with Gasteiger partial charge in [0.05, 0.1) is 0 Å². The minimum atomic E-state index is 0.608. The van der Waals surface area contributed by atoms with Gasteiger partial charge in [0.1, 0.15) is 5.82 Å². The molecule has 3 nitrogen and oxygen atoms in total. The van der Waals surface area contributed by atoms with E-state index in [9.17, 15) is 0 Å². The Morgan fingerprint density at radius 1 is 1.17 bits per heavy atom. The molecule has 0 spiro atoms. The molecule has 0 aliphatic heterocycles. The smallest absolute Gasteiger partial charge is 0.133 e. The standard InChI is InChI=1S/C14H16ClN3/c1-10-8-13(6-7-16)18-14(17-10)9-11-2-4-12(15)5-3-11/h2-5,8H,6-7,9,16H2,1H3. The molecule has 0 aliphatic rings. The van der Waals surface area contributed by atoms with Gasteiger partial charge < -0.3 is 5.73 Å². The Morgan fingerprint density at radius 2 is 1.89 bits per heavy atom. The van der Waals surface area contributed by atoms with Crippen LogP contribution in [-0.4, -0.2) is 16.5 Å². The van der Waals surface area contributed by atoms with Gasteiger partial charge in [-0.05, 0) is 37.2 Å². The van der Waals surface area contributed by atoms with Gasteiger partial charge in [-0.3, -0.25) is 0 Å². The van der Waals surface area contributed by atoms with Crippen LogP contribution >= 0.6 is 11.6 Å². The molecule has 0 radical (unpaired) electrons. The Labute approximate surface area is 112 Å². The van der Waals surface area contributed by atoms with Crippen molar-refractivity contribution in [1.29, 1.82) is 0 Å². The SMILES string of the molecule is Cc1cc(CCN)nc(Cc2ccc(Cl)cc2)n1. The van der Waals surface area contributed by atoms with Gasteiger partial charge in [0, 0.05) is 29.3 Å². The van der Waals surface area contributed by atoms with E-state index in [4.69, 9.17) is 17.3 Å². The summed E-state index contributed by atoms with van der Waals surface area (Å²) in [5.74, 6) is 0.834. The molecule has 0 fully saturated rings. The van der Waals surface area contributed by atoms with Crippen LogP contribution in [0.3, 0.4) is 0 Å². The molecule has 0 aliphatic carbocycles. The first-order chi connectivity index (χ1) is 8.67. The van der Waals surface area contributed by atoms with Crippen LogP contribution in [0.2, 0.25) is 5.02 Å². The van der Waals surface area contributed by atoms with Crippen molar-refractivity contribution in [1.82, 2.24) is 9.97 Å². The van der Waals surface area contributed by atoms with E-state index in [1.165, 1.54) is 0 Å². The second-order valence-electron chi connectivity index (χ2n) is 4.26. The molecule has 1 aromatic carbocycles. The van der Waals surface area contributed by atoms with Crippen LogP contribution in [-0.2, 0) is 12.8 Å². The predicted molar refractivity (Wildman–Crippen MR) is 73.8 cm³/mol. The Morgan fingerprint density at radius 3 is 2.56 bits per heavy atom. The number of halogens is 1. The molecule has 94 valence electrons. The number of benzene rings is 1. The van der Waals surface area contributed by atoms with Crippen molar-refractivity contribution in [2.45, 2.75) is 19.8 Å². The fraction of sp³-hybridized carbons (Fsp3) is 0.286. The van der Waals surface area contributed by atoms with Crippen LogP contribution in [0.15, 0.2) is 30.3 Å². The van der Waals surface area contributed by atoms with Gasteiger partial charge in [0.25, 0.3) is 0 Å². The zero-order chi connectivity index (χ0) is 13.0. The van der Waals surface area contributed by atoms with Crippen molar-refractivity contribution in [2.24, 2.45) is 5.73 Å². The van der Waals surface area contributed by atoms with Crippen LogP contribution < -0.4 is 5.73 Å². The first-order valence-electron chi connectivity index (χ1n) is 5.95. The zero-order valence-corrected chi connectivity index (χ0v) is 11.1. The fourth-order valence-corrected chi connectivity index (χ4v) is 1.97. The van der Waals surface area contributed by atoms with Gasteiger partial charge in [-0.15, -0.1) is 0 Å². The normalized spacial score (nSPS) is 10.6. The lowest BCUT2D eigenvalue weighted by Crippen LogP contribution is -2.08. The lowest BCUT2D eigenvalue weighted by Gasteiger charge is -2.05. The monoisotopic (exact) mass is 261 g/mol. The van der Waals surface area contributed by atoms with Gasteiger partial charge >= 0.3 is 0 Å². The molecular weight excluding hydrogens is 246 g/mol. The summed E-state index contributed by atoms with van der Waals surface area (Å²) in [5.41, 5.74) is 8.70. The minimum absolute atomic E-state index is 0.608. The number of hydrogen-bond acceptors (Lipinski definition) is 3. The lowest BCUT2D eigenvalue weighted by atomic mass is 10.1. The van der Waals surface area contributed by atoms with E-state index in [0.29, 0.717) is 6.54 Å². The summed E-state index contributed by atoms with van der Waals surface area (Å²) >= 11 is 5.86. The van der Waals surface area contributed by atoms with Crippen LogP contribution in [0.4, 0.5) is 0 Å². The zero-order valence-electron chi connectivity index (χ0n) is 10.4. The highest BCUT2D eigenvalue weighted by atomic mass is 35.5. The average molecular weight is 262 g/mol. The van der Waals surface area contributed by atoms with Gasteiger partial charge in [0.2, 0.25) is 0 Å². The first kappa shape index (κ1) is 13.0. The number of rotatable bonds is 4. The number of hydrogen-bond donors (Lipinski definition) is 1. The van der Waals surface area contributed by atoms with Gasteiger partial charge in [-0.25, -0.2) is 9.97 Å². The first-order valence-corrected chi connectivity index (χ1v) is 6.33. The lowest BCUT2D eigenvalue weighted by molar-refractivity contribution is 0.853. The van der Waals surface area contributed by atoms with Crippen LogP contribution in [0.1, 0.15) is 22.8 Å². The van der Waals surface area contributed by atoms with Crippen molar-refractivity contribution in [3.63, 3.8) is 0 Å². The van der Waals surface area contributed by atoms with E-state index < -0.39 is 0 Å². The second kappa shape index (κ2) is 5.94. The molecule has 2 rings (SSSR count). The average Bonchev–Trinajstić information content (AvgIpc) is 2.32. The molecule has 2 N–H and O–H groups in total. The van der Waals surface area contributed by atoms with Crippen LogP contribution in [0, 0.1) is 6.92 Å². The minimum Gasteiger partial charge on any atom is -0.330 e. The topological polar surface area (TPSA) is 51.8 Å². The molecule has 0 atom stereocenters. The van der Waals surface area contributed by atoms with Crippen molar-refractivity contribution >= 4 is 11.6 Å². The quantitative estimate of drug-likeness (QED) is 0.920. The number of aromatic nitrogens is 2. The van der Waals surface area contributed by atoms with E-state index in [1.54, 1.807) is 0 Å². The highest BCUT2D eigenvalue weighted by Gasteiger charge is 2.03. The van der Waals surface area contributed by atoms with Crippen molar-refractivity contribution in [3.05, 3.63) is 58.1 Å². The number of aryl methyl sites for hydroxylation is 1. The molecule has 0 amide bonds. The predicted octanol–water partition coefficient (Wildman–Crippen LogP) is 2.53. The maximum absolute atomic E-state index is 5.86. The fourth-order valence-electron chi connectivity index (χ4n) is 1.84. The number of nitrogens with zero attached hydrogens (tertiary/aromatic N) is 2. The molecule has 0 saturated heterocycles. The highest BCUT2D eigenvalue weighted by Crippen LogP contribution is 2.12. The van der Waals surface area contributed by atoms with Crippen molar-refractivity contribution < 1.29 is 0 Å². The Bertz CT molecular complexity index is 523. The van der Waals surface area contributed by atoms with E-state index in [2.05, 4.69) is 9.97 Å². The Kier molecular flexibility index (Phi) is 4.28. The third kappa shape index (κ3) is 3.52. The van der Waals surface area contributed by atoms with Gasteiger partial charge in [-0.2, -0.15) is 0 Å². The largest absolute Gasteiger partial charge is 0.330 e. The van der Waals surface area contributed by atoms with E-state index in [-0.39, 0.29) is 0 Å². The molecule has 2 aromatic rings. The third-order valence-electron chi connectivity index (χ3n) is 2.63. The summed E-state index contributed by atoms with van der Waals surface area (Å²) in [6.45, 7) is 2.59. The molecule has 0 bridgehead atoms. The Hall–Kier alpha value is -1.45. The third-order valence-corrected chi connectivity index (χ3v) is 2.88. The summed E-state index contributed by atoms with van der Waals surface area (Å²) < 4.78 is 0. The molecule has 1 heterocycles. The molecule has 4 heteroatoms. The summed E-state index contributed by atoms with van der Waals surface area (Å²) in [5, 5.41) is 0.743. The summed E-state index contributed by atoms with van der Waals surface area (Å²) in [7, 11) is 0. The van der Waals surface area contributed by atoms with Crippen molar-refractivity contribution in [2.75, 3.05) is 6.54 Å². The van der Waals surface area contributed by atoms with E-state index in [1.807, 2.05) is 37.3 Å². The molecular formula is C14H16ClN3. The van der Waals surface area contributed by atoms with Crippen molar-refractivity contribution in [3.8, 4) is 0 Å².